The number of aliphatic hydroxyl groups is 1. The van der Waals surface area contributed by atoms with Crippen molar-refractivity contribution >= 4 is 76.6 Å². The quantitative estimate of drug-likeness (QED) is 0.105. The lowest BCUT2D eigenvalue weighted by Gasteiger charge is -2.26. The molecule has 1 atom stereocenters. The van der Waals surface area contributed by atoms with Crippen LogP contribution < -0.4 is 14.4 Å². The monoisotopic (exact) mass is 702 g/mol. The van der Waals surface area contributed by atoms with Gasteiger partial charge in [0.25, 0.3) is 15.9 Å². The van der Waals surface area contributed by atoms with Crippen LogP contribution in [0.25, 0.3) is 0 Å². The minimum Gasteiger partial charge on any atom is -0.478 e. The van der Waals surface area contributed by atoms with Crippen molar-refractivity contribution in [1.29, 1.82) is 0 Å². The zero-order valence-electron chi connectivity index (χ0n) is 24.5. The second-order valence-corrected chi connectivity index (χ2v) is 20.8. The van der Waals surface area contributed by atoms with Gasteiger partial charge in [-0.2, -0.15) is 0 Å². The molecule has 2 N–H and O–H groups in total. The van der Waals surface area contributed by atoms with Crippen molar-refractivity contribution in [3.05, 3.63) is 33.4 Å². The number of benzene rings is 1. The molecule has 0 aliphatic heterocycles. The molecule has 0 radical (unpaired) electrons. The Morgan fingerprint density at radius 3 is 2.43 bits per heavy atom. The Morgan fingerprint density at radius 1 is 1.19 bits per heavy atom. The Hall–Kier alpha value is -1.52. The summed E-state index contributed by atoms with van der Waals surface area (Å²) in [7, 11) is -4.55. The number of amides is 1. The van der Waals surface area contributed by atoms with E-state index in [9.17, 15) is 18.3 Å². The molecular weight excluding hydrogens is 667 g/mol. The first-order valence-electron chi connectivity index (χ1n) is 12.8. The fraction of sp³-hybridized carbons (Fsp3) is 0.560. The number of halogens is 3. The maximum atomic E-state index is 13.9. The van der Waals surface area contributed by atoms with Gasteiger partial charge in [0.15, 0.2) is 5.15 Å². The lowest BCUT2D eigenvalue weighted by atomic mass is 10.2. The molecule has 42 heavy (non-hydrogen) atoms. The van der Waals surface area contributed by atoms with Crippen LogP contribution in [0.3, 0.4) is 0 Å². The number of aromatic nitrogens is 2. The number of alkyl carbamates (subject to hydrolysis) is 1. The molecule has 0 bridgehead atoms. The summed E-state index contributed by atoms with van der Waals surface area (Å²) >= 11 is 19.9. The second kappa shape index (κ2) is 15.5. The van der Waals surface area contributed by atoms with Gasteiger partial charge in [-0.25, -0.2) is 27.5 Å². The van der Waals surface area contributed by atoms with Crippen molar-refractivity contribution in [2.24, 2.45) is 0 Å². The molecule has 17 heteroatoms. The van der Waals surface area contributed by atoms with Crippen LogP contribution in [0.5, 0.6) is 5.88 Å². The van der Waals surface area contributed by atoms with E-state index in [0.29, 0.717) is 6.61 Å². The van der Waals surface area contributed by atoms with Gasteiger partial charge in [0.05, 0.1) is 29.8 Å². The number of hydrogen-bond donors (Lipinski definition) is 2. The highest BCUT2D eigenvalue weighted by Crippen LogP contribution is 2.37. The minimum atomic E-state index is -4.38. The molecule has 0 aliphatic rings. The van der Waals surface area contributed by atoms with Gasteiger partial charge >= 0.3 is 6.09 Å². The first kappa shape index (κ1) is 36.7. The average Bonchev–Trinajstić information content (AvgIpc) is 2.86. The zero-order chi connectivity index (χ0) is 31.9. The summed E-state index contributed by atoms with van der Waals surface area (Å²) in [4.78, 5) is 20.6. The van der Waals surface area contributed by atoms with Gasteiger partial charge in [-0.15, -0.1) is 11.8 Å². The summed E-state index contributed by atoms with van der Waals surface area (Å²) in [5.74, 6) is -0.230. The molecule has 2 rings (SSSR count). The van der Waals surface area contributed by atoms with Crippen LogP contribution in [0, 0.1) is 0 Å². The van der Waals surface area contributed by atoms with Crippen LogP contribution >= 0.6 is 46.6 Å². The highest BCUT2D eigenvalue weighted by Gasteiger charge is 2.33. The molecule has 0 aliphatic carbocycles. The predicted octanol–water partition coefficient (Wildman–Crippen LogP) is 5.93. The molecule has 0 saturated heterocycles. The summed E-state index contributed by atoms with van der Waals surface area (Å²) in [6.07, 6.45) is -0.693. The Balaban J connectivity index is 2.42. The lowest BCUT2D eigenvalue weighted by molar-refractivity contribution is 0.0491. The molecule has 0 unspecified atom stereocenters. The molecule has 0 fully saturated rings. The van der Waals surface area contributed by atoms with Gasteiger partial charge in [0.2, 0.25) is 5.82 Å². The van der Waals surface area contributed by atoms with E-state index in [-0.39, 0.29) is 49.2 Å². The topological polar surface area (TPSA) is 140 Å². The molecule has 0 saturated carbocycles. The maximum Gasteiger partial charge on any atom is 0.407 e. The van der Waals surface area contributed by atoms with E-state index in [0.717, 1.165) is 22.1 Å². The van der Waals surface area contributed by atoms with Gasteiger partial charge in [-0.3, -0.25) is 0 Å². The Morgan fingerprint density at radius 2 is 1.86 bits per heavy atom. The normalized spacial score (nSPS) is 13.0. The summed E-state index contributed by atoms with van der Waals surface area (Å²) in [6, 6.07) is 4.34. The Labute approximate surface area is 267 Å². The largest absolute Gasteiger partial charge is 0.478 e. The number of hydrogen-bond acceptors (Lipinski definition) is 10. The number of carbonyl (C=O) groups is 1. The van der Waals surface area contributed by atoms with Crippen LogP contribution in [0.15, 0.2) is 28.1 Å². The summed E-state index contributed by atoms with van der Waals surface area (Å²) < 4.78 is 45.1. The molecule has 1 heterocycles. The average molecular weight is 704 g/mol. The third-order valence-corrected chi connectivity index (χ3v) is 11.1. The van der Waals surface area contributed by atoms with Crippen molar-refractivity contribution < 1.29 is 32.5 Å². The SMILES string of the molecule is COc1nc(SC[C@@H](CO)NC(=O)OC(C)(C)C)c(Cl)nc1N(COCC[Si](C)(C)C)S(=O)(=O)c1cccc(Cl)c1Cl. The van der Waals surface area contributed by atoms with Crippen LogP contribution in [0.2, 0.25) is 40.9 Å². The standard InChI is InChI=1S/C25H37Cl3N4O7S2Si/c1-25(2,3)39-24(34)29-16(13-33)14-40-23-20(28)30-21(22(31-23)37-4)32(15-38-11-12-42(5,6)7)41(35,36)18-10-8-9-17(26)19(18)27/h8-10,16,33H,11-15H2,1-7H3,(H,29,34)/t16-/m1/s1. The van der Waals surface area contributed by atoms with Crippen molar-refractivity contribution in [2.75, 3.05) is 37.1 Å². The first-order chi connectivity index (χ1) is 19.4. The van der Waals surface area contributed by atoms with Gasteiger partial charge in [-0.1, -0.05) is 60.5 Å². The van der Waals surface area contributed by atoms with Crippen molar-refractivity contribution in [1.82, 2.24) is 15.3 Å². The smallest absolute Gasteiger partial charge is 0.407 e. The Kier molecular flexibility index (Phi) is 13.5. The highest BCUT2D eigenvalue weighted by atomic mass is 35.5. The maximum absolute atomic E-state index is 13.9. The van der Waals surface area contributed by atoms with Gasteiger partial charge in [0.1, 0.15) is 22.3 Å². The van der Waals surface area contributed by atoms with Crippen LogP contribution in [-0.2, 0) is 19.5 Å². The van der Waals surface area contributed by atoms with Crippen molar-refractivity contribution in [3.63, 3.8) is 0 Å². The number of nitrogens with zero attached hydrogens (tertiary/aromatic N) is 3. The van der Waals surface area contributed by atoms with E-state index in [2.05, 4.69) is 34.9 Å². The lowest BCUT2D eigenvalue weighted by Crippen LogP contribution is -2.42. The summed E-state index contributed by atoms with van der Waals surface area (Å²) in [5.41, 5.74) is -0.713. The molecular formula is C25H37Cl3N4O7S2Si. The number of ether oxygens (including phenoxy) is 3. The zero-order valence-corrected chi connectivity index (χ0v) is 29.4. The molecule has 2 aromatic rings. The van der Waals surface area contributed by atoms with E-state index >= 15 is 0 Å². The third-order valence-electron chi connectivity index (χ3n) is 5.26. The minimum absolute atomic E-state index is 0.0543. The fourth-order valence-corrected chi connectivity index (χ4v) is 7.07. The molecule has 0 spiro atoms. The van der Waals surface area contributed by atoms with E-state index in [1.54, 1.807) is 20.8 Å². The Bertz CT molecular complexity index is 1340. The number of methoxy groups -OCH3 is 1. The molecule has 1 aromatic carbocycles. The third kappa shape index (κ3) is 10.9. The van der Waals surface area contributed by atoms with Gasteiger partial charge in [-0.05, 0) is 38.9 Å². The molecule has 1 aromatic heterocycles. The van der Waals surface area contributed by atoms with Crippen molar-refractivity contribution in [2.45, 2.75) is 68.0 Å². The van der Waals surface area contributed by atoms with Gasteiger partial charge < -0.3 is 24.6 Å². The van der Waals surface area contributed by atoms with Crippen LogP contribution in [-0.4, -0.2) is 82.1 Å². The predicted molar refractivity (Wildman–Crippen MR) is 170 cm³/mol. The molecule has 236 valence electrons. The van der Waals surface area contributed by atoms with Gasteiger partial charge in [0, 0.05) is 20.4 Å². The number of rotatable bonds is 14. The molecule has 11 nitrogen and oxygen atoms in total. The number of anilines is 1. The number of carbonyl (C=O) groups excluding carboxylic acids is 1. The number of thioether (sulfide) groups is 1. The second-order valence-electron chi connectivity index (χ2n) is 11.2. The van der Waals surface area contributed by atoms with E-state index in [1.807, 2.05) is 0 Å². The van der Waals surface area contributed by atoms with E-state index in [1.165, 1.54) is 25.3 Å². The molecule has 1 amide bonds. The number of aliphatic hydroxyl groups excluding tert-OH is 1. The highest BCUT2D eigenvalue weighted by molar-refractivity contribution is 7.99. The number of sulfonamides is 1. The van der Waals surface area contributed by atoms with Crippen LogP contribution in [0.4, 0.5) is 10.6 Å². The fourth-order valence-electron chi connectivity index (χ4n) is 3.13. The summed E-state index contributed by atoms with van der Waals surface area (Å²) in [6.45, 7) is 11.2. The first-order valence-corrected chi connectivity index (χ1v) is 20.1. The summed E-state index contributed by atoms with van der Waals surface area (Å²) in [5, 5.41) is 12.3. The van der Waals surface area contributed by atoms with E-state index in [4.69, 9.17) is 49.0 Å². The van der Waals surface area contributed by atoms with E-state index < -0.39 is 42.6 Å². The van der Waals surface area contributed by atoms with Crippen LogP contribution in [0.1, 0.15) is 20.8 Å². The van der Waals surface area contributed by atoms with Crippen molar-refractivity contribution in [3.8, 4) is 5.88 Å². The number of nitrogens with one attached hydrogen (secondary N) is 1.